The number of aryl methyl sites for hydroxylation is 1. The van der Waals surface area contributed by atoms with Crippen molar-refractivity contribution in [2.24, 2.45) is 5.41 Å². The minimum absolute atomic E-state index is 0.0726. The van der Waals surface area contributed by atoms with E-state index in [0.29, 0.717) is 16.9 Å². The lowest BCUT2D eigenvalue weighted by molar-refractivity contribution is 0.478. The summed E-state index contributed by atoms with van der Waals surface area (Å²) in [5, 5.41) is 0. The fraction of sp³-hybridized carbons (Fsp3) is 0.538. The normalized spacial score (nSPS) is 17.2. The van der Waals surface area contributed by atoms with Gasteiger partial charge in [-0.2, -0.15) is 0 Å². The van der Waals surface area contributed by atoms with Gasteiger partial charge in [-0.25, -0.2) is 13.1 Å². The molecule has 0 saturated heterocycles. The van der Waals surface area contributed by atoms with Crippen LogP contribution in [0.15, 0.2) is 26.0 Å². The summed E-state index contributed by atoms with van der Waals surface area (Å²) >= 11 is 12.5. The zero-order valence-corrected chi connectivity index (χ0v) is 15.8. The van der Waals surface area contributed by atoms with Crippen LogP contribution in [0.1, 0.15) is 24.8 Å². The first kappa shape index (κ1) is 16.7. The fourth-order valence-electron chi connectivity index (χ4n) is 2.05. The highest BCUT2D eigenvalue weighted by atomic mass is 79.9. The summed E-state index contributed by atoms with van der Waals surface area (Å²) in [6.07, 6.45) is 2.94. The molecule has 1 fully saturated rings. The van der Waals surface area contributed by atoms with Gasteiger partial charge in [0.25, 0.3) is 0 Å². The van der Waals surface area contributed by atoms with Gasteiger partial charge in [-0.05, 0) is 65.2 Å². The maximum absolute atomic E-state index is 12.4. The average molecular weight is 446 g/mol. The monoisotopic (exact) mass is 443 g/mol. The lowest BCUT2D eigenvalue weighted by Gasteiger charge is -2.16. The second-order valence-electron chi connectivity index (χ2n) is 5.30. The number of sulfonamides is 1. The summed E-state index contributed by atoms with van der Waals surface area (Å²) in [6.45, 7) is 2.37. The summed E-state index contributed by atoms with van der Waals surface area (Å²) < 4.78 is 28.9. The molecule has 1 saturated carbocycles. The third-order valence-electron chi connectivity index (χ3n) is 3.72. The van der Waals surface area contributed by atoms with Crippen molar-refractivity contribution in [1.29, 1.82) is 0 Å². The third kappa shape index (κ3) is 3.77. The Balaban J connectivity index is 2.17. The van der Waals surface area contributed by atoms with Gasteiger partial charge in [0.2, 0.25) is 10.0 Å². The van der Waals surface area contributed by atoms with Gasteiger partial charge >= 0.3 is 0 Å². The summed E-state index contributed by atoms with van der Waals surface area (Å²) in [7, 11) is -3.51. The number of rotatable bonds is 6. The first-order valence-corrected chi connectivity index (χ1v) is 9.91. The number of hydrogen-bond acceptors (Lipinski definition) is 2. The standard InChI is InChI=1S/C13H16Br2ClNO2S/c1-9-6-11(15)12(7-10(9)14)20(18,19)17-8-13(2-3-13)4-5-16/h6-7,17H,2-5,8H2,1H3. The molecule has 112 valence electrons. The van der Waals surface area contributed by atoms with Crippen molar-refractivity contribution in [3.8, 4) is 0 Å². The van der Waals surface area contributed by atoms with E-state index < -0.39 is 10.0 Å². The van der Waals surface area contributed by atoms with E-state index in [1.165, 1.54) is 0 Å². The molecule has 1 aromatic carbocycles. The fourth-order valence-corrected chi connectivity index (χ4v) is 5.29. The Kier molecular flexibility index (Phi) is 5.23. The van der Waals surface area contributed by atoms with Crippen LogP contribution >= 0.6 is 43.5 Å². The van der Waals surface area contributed by atoms with E-state index >= 15 is 0 Å². The molecule has 0 radical (unpaired) electrons. The van der Waals surface area contributed by atoms with Crippen LogP contribution in [0.4, 0.5) is 0 Å². The molecule has 3 nitrogen and oxygen atoms in total. The van der Waals surface area contributed by atoms with Crippen LogP contribution < -0.4 is 4.72 Å². The Morgan fingerprint density at radius 1 is 1.30 bits per heavy atom. The Labute approximate surface area is 141 Å². The smallest absolute Gasteiger partial charge is 0.211 e. The minimum Gasteiger partial charge on any atom is -0.211 e. The predicted molar refractivity (Wildman–Crippen MR) is 88.8 cm³/mol. The van der Waals surface area contributed by atoms with E-state index in [2.05, 4.69) is 36.6 Å². The van der Waals surface area contributed by atoms with Crippen LogP contribution in [-0.2, 0) is 10.0 Å². The largest absolute Gasteiger partial charge is 0.241 e. The highest BCUT2D eigenvalue weighted by Crippen LogP contribution is 2.48. The molecule has 0 heterocycles. The van der Waals surface area contributed by atoms with Gasteiger partial charge < -0.3 is 0 Å². The van der Waals surface area contributed by atoms with Gasteiger partial charge in [0, 0.05) is 21.4 Å². The van der Waals surface area contributed by atoms with E-state index in [4.69, 9.17) is 11.6 Å². The quantitative estimate of drug-likeness (QED) is 0.667. The second-order valence-corrected chi connectivity index (χ2v) is 9.12. The molecule has 1 N–H and O–H groups in total. The Morgan fingerprint density at radius 3 is 2.50 bits per heavy atom. The number of nitrogens with one attached hydrogen (secondary N) is 1. The average Bonchev–Trinajstić information content (AvgIpc) is 3.12. The van der Waals surface area contributed by atoms with Gasteiger partial charge in [-0.15, -0.1) is 11.6 Å². The van der Waals surface area contributed by atoms with Crippen molar-refractivity contribution in [3.63, 3.8) is 0 Å². The molecule has 0 spiro atoms. The molecule has 1 aliphatic rings. The first-order valence-electron chi connectivity index (χ1n) is 6.31. The Morgan fingerprint density at radius 2 is 1.95 bits per heavy atom. The molecule has 1 aliphatic carbocycles. The molecule has 0 amide bonds. The van der Waals surface area contributed by atoms with E-state index in [0.717, 1.165) is 29.3 Å². The number of halogens is 3. The van der Waals surface area contributed by atoms with Crippen LogP contribution in [0, 0.1) is 12.3 Å². The molecule has 0 aromatic heterocycles. The van der Waals surface area contributed by atoms with Gasteiger partial charge in [0.1, 0.15) is 0 Å². The van der Waals surface area contributed by atoms with Crippen LogP contribution in [0.5, 0.6) is 0 Å². The highest BCUT2D eigenvalue weighted by Gasteiger charge is 2.42. The van der Waals surface area contributed by atoms with Crippen molar-refractivity contribution >= 4 is 53.5 Å². The highest BCUT2D eigenvalue weighted by molar-refractivity contribution is 9.11. The van der Waals surface area contributed by atoms with E-state index in [-0.39, 0.29) is 10.3 Å². The molecular formula is C13H16Br2ClNO2S. The lowest BCUT2D eigenvalue weighted by atomic mass is 10.1. The summed E-state index contributed by atoms with van der Waals surface area (Å²) in [6, 6.07) is 3.42. The summed E-state index contributed by atoms with van der Waals surface area (Å²) in [4.78, 5) is 0.261. The van der Waals surface area contributed by atoms with E-state index in [9.17, 15) is 8.42 Å². The molecule has 2 rings (SSSR count). The number of hydrogen-bond donors (Lipinski definition) is 1. The molecular weight excluding hydrogens is 429 g/mol. The van der Waals surface area contributed by atoms with E-state index in [1.807, 2.05) is 6.92 Å². The minimum atomic E-state index is -3.51. The topological polar surface area (TPSA) is 46.2 Å². The second kappa shape index (κ2) is 6.24. The Hall–Kier alpha value is 0.380. The SMILES string of the molecule is Cc1cc(Br)c(S(=O)(=O)NCC2(CCCl)CC2)cc1Br. The zero-order chi connectivity index (χ0) is 15.0. The van der Waals surface area contributed by atoms with Crippen LogP contribution in [0.3, 0.4) is 0 Å². The number of benzene rings is 1. The molecule has 0 bridgehead atoms. The van der Waals surface area contributed by atoms with Crippen LogP contribution in [0.2, 0.25) is 0 Å². The third-order valence-corrected chi connectivity index (χ3v) is 7.12. The maximum Gasteiger partial charge on any atom is 0.241 e. The Bertz CT molecular complexity index is 615. The van der Waals surface area contributed by atoms with Crippen molar-refractivity contribution in [1.82, 2.24) is 4.72 Å². The molecule has 0 aliphatic heterocycles. The summed E-state index contributed by atoms with van der Waals surface area (Å²) in [5.74, 6) is 0.571. The van der Waals surface area contributed by atoms with Crippen LogP contribution in [-0.4, -0.2) is 20.8 Å². The van der Waals surface area contributed by atoms with Crippen molar-refractivity contribution in [3.05, 3.63) is 26.6 Å². The van der Waals surface area contributed by atoms with Gasteiger partial charge in [0.15, 0.2) is 0 Å². The van der Waals surface area contributed by atoms with Crippen molar-refractivity contribution in [2.45, 2.75) is 31.1 Å². The van der Waals surface area contributed by atoms with Gasteiger partial charge in [0.05, 0.1) is 4.90 Å². The predicted octanol–water partition coefficient (Wildman–Crippen LogP) is 4.21. The van der Waals surface area contributed by atoms with Gasteiger partial charge in [-0.1, -0.05) is 15.9 Å². The number of alkyl halides is 1. The molecule has 0 atom stereocenters. The maximum atomic E-state index is 12.4. The first-order chi connectivity index (χ1) is 9.30. The van der Waals surface area contributed by atoms with Crippen molar-refractivity contribution in [2.75, 3.05) is 12.4 Å². The lowest BCUT2D eigenvalue weighted by Crippen LogP contribution is -2.30. The molecule has 1 aromatic rings. The molecule has 20 heavy (non-hydrogen) atoms. The summed E-state index contributed by atoms with van der Waals surface area (Å²) in [5.41, 5.74) is 1.06. The van der Waals surface area contributed by atoms with E-state index in [1.54, 1.807) is 12.1 Å². The zero-order valence-electron chi connectivity index (χ0n) is 11.0. The van der Waals surface area contributed by atoms with Gasteiger partial charge in [-0.3, -0.25) is 0 Å². The van der Waals surface area contributed by atoms with Crippen molar-refractivity contribution < 1.29 is 8.42 Å². The molecule has 0 unspecified atom stereocenters. The van der Waals surface area contributed by atoms with Crippen LogP contribution in [0.25, 0.3) is 0 Å². The molecule has 7 heteroatoms.